The highest BCUT2D eigenvalue weighted by atomic mass is 79.9. The summed E-state index contributed by atoms with van der Waals surface area (Å²) in [4.78, 5) is 19.4. The van der Waals surface area contributed by atoms with Gasteiger partial charge in [-0.3, -0.25) is 4.79 Å². The third-order valence-corrected chi connectivity index (χ3v) is 3.94. The van der Waals surface area contributed by atoms with Gasteiger partial charge < -0.3 is 14.5 Å². The molecule has 0 aliphatic heterocycles. The first-order chi connectivity index (χ1) is 10.6. The molecule has 2 aromatic carbocycles. The Morgan fingerprint density at radius 2 is 2.00 bits per heavy atom. The van der Waals surface area contributed by atoms with Crippen LogP contribution < -0.4 is 5.56 Å². The van der Waals surface area contributed by atoms with Gasteiger partial charge in [-0.2, -0.15) is 0 Å². The van der Waals surface area contributed by atoms with E-state index in [9.17, 15) is 9.90 Å². The number of hydrogen-bond donors (Lipinski definition) is 2. The third kappa shape index (κ3) is 1.92. The van der Waals surface area contributed by atoms with E-state index in [2.05, 4.69) is 25.9 Å². The molecule has 0 unspecified atom stereocenters. The van der Waals surface area contributed by atoms with Crippen LogP contribution >= 0.6 is 15.9 Å². The fourth-order valence-corrected chi connectivity index (χ4v) is 2.79. The number of furan rings is 1. The van der Waals surface area contributed by atoms with Crippen molar-refractivity contribution < 1.29 is 9.52 Å². The Morgan fingerprint density at radius 1 is 1.18 bits per heavy atom. The molecule has 0 aliphatic rings. The van der Waals surface area contributed by atoms with Crippen molar-refractivity contribution in [2.45, 2.75) is 0 Å². The lowest BCUT2D eigenvalue weighted by atomic mass is 10.2. The molecule has 0 fully saturated rings. The second-order valence-electron chi connectivity index (χ2n) is 4.85. The van der Waals surface area contributed by atoms with Gasteiger partial charge in [-0.1, -0.05) is 28.1 Å². The summed E-state index contributed by atoms with van der Waals surface area (Å²) in [5.74, 6) is 0.359. The lowest BCUT2D eigenvalue weighted by Crippen LogP contribution is -2.08. The fourth-order valence-electron chi connectivity index (χ4n) is 2.43. The highest BCUT2D eigenvalue weighted by molar-refractivity contribution is 9.10. The molecule has 6 heteroatoms. The molecular formula is C16H9BrN2O3. The molecule has 2 N–H and O–H groups in total. The van der Waals surface area contributed by atoms with Crippen LogP contribution in [0.15, 0.2) is 56.1 Å². The minimum Gasteiger partial charge on any atom is -0.507 e. The van der Waals surface area contributed by atoms with E-state index in [4.69, 9.17) is 4.42 Å². The van der Waals surface area contributed by atoms with Gasteiger partial charge in [0.1, 0.15) is 22.7 Å². The first-order valence-electron chi connectivity index (χ1n) is 6.54. The van der Waals surface area contributed by atoms with Crippen LogP contribution in [0.3, 0.4) is 0 Å². The van der Waals surface area contributed by atoms with Gasteiger partial charge >= 0.3 is 0 Å². The van der Waals surface area contributed by atoms with E-state index < -0.39 is 0 Å². The minimum absolute atomic E-state index is 0.0546. The van der Waals surface area contributed by atoms with Gasteiger partial charge in [-0.15, -0.1) is 0 Å². The summed E-state index contributed by atoms with van der Waals surface area (Å²) < 4.78 is 6.44. The number of aromatic nitrogens is 2. The minimum atomic E-state index is -0.379. The van der Waals surface area contributed by atoms with E-state index in [1.807, 2.05) is 12.1 Å². The molecular weight excluding hydrogens is 348 g/mol. The van der Waals surface area contributed by atoms with Crippen molar-refractivity contribution in [1.82, 2.24) is 9.97 Å². The van der Waals surface area contributed by atoms with Gasteiger partial charge in [-0.05, 0) is 30.3 Å². The number of aromatic amines is 1. The van der Waals surface area contributed by atoms with E-state index in [-0.39, 0.29) is 16.9 Å². The molecule has 108 valence electrons. The molecule has 0 saturated carbocycles. The van der Waals surface area contributed by atoms with E-state index in [0.717, 1.165) is 9.86 Å². The molecule has 2 heterocycles. The number of H-pyrrole nitrogens is 1. The maximum atomic E-state index is 12.3. The van der Waals surface area contributed by atoms with Gasteiger partial charge in [0.25, 0.3) is 5.56 Å². The molecule has 0 amide bonds. The van der Waals surface area contributed by atoms with Gasteiger partial charge in [0.05, 0.1) is 5.56 Å². The number of halogens is 1. The summed E-state index contributed by atoms with van der Waals surface area (Å²) in [6.45, 7) is 0. The number of nitrogens with one attached hydrogen (secondary N) is 1. The number of benzene rings is 2. The van der Waals surface area contributed by atoms with Gasteiger partial charge in [0.15, 0.2) is 0 Å². The maximum Gasteiger partial charge on any atom is 0.294 e. The Hall–Kier alpha value is -2.60. The Labute approximate surface area is 132 Å². The first-order valence-corrected chi connectivity index (χ1v) is 7.33. The van der Waals surface area contributed by atoms with Crippen LogP contribution in [-0.2, 0) is 0 Å². The highest BCUT2D eigenvalue weighted by Gasteiger charge is 2.15. The summed E-state index contributed by atoms with van der Waals surface area (Å²) in [7, 11) is 0. The number of rotatable bonds is 1. The zero-order valence-corrected chi connectivity index (χ0v) is 12.7. The monoisotopic (exact) mass is 356 g/mol. The molecule has 0 saturated heterocycles. The lowest BCUT2D eigenvalue weighted by Gasteiger charge is -2.03. The number of aromatic hydroxyl groups is 1. The topological polar surface area (TPSA) is 79.1 Å². The standard InChI is InChI=1S/C16H9BrN2O3/c17-8-5-6-12-10(7-8)13-14(22-12)16(21)19-15(18-13)9-3-1-2-4-11(9)20/h1-7,20H,(H,18,19,21). The highest BCUT2D eigenvalue weighted by Crippen LogP contribution is 2.30. The molecule has 0 bridgehead atoms. The summed E-state index contributed by atoms with van der Waals surface area (Å²) in [5, 5.41) is 10.7. The Balaban J connectivity index is 2.11. The molecule has 0 spiro atoms. The van der Waals surface area contributed by atoms with Crippen molar-refractivity contribution in [2.75, 3.05) is 0 Å². The number of hydrogen-bond acceptors (Lipinski definition) is 4. The largest absolute Gasteiger partial charge is 0.507 e. The van der Waals surface area contributed by atoms with E-state index in [1.54, 1.807) is 30.3 Å². The summed E-state index contributed by atoms with van der Waals surface area (Å²) >= 11 is 3.40. The Morgan fingerprint density at radius 3 is 2.82 bits per heavy atom. The van der Waals surface area contributed by atoms with Crippen LogP contribution in [0, 0.1) is 0 Å². The van der Waals surface area contributed by atoms with Crippen LogP contribution in [0.4, 0.5) is 0 Å². The molecule has 0 radical (unpaired) electrons. The van der Waals surface area contributed by atoms with Crippen molar-refractivity contribution in [2.24, 2.45) is 0 Å². The predicted molar refractivity (Wildman–Crippen MR) is 86.9 cm³/mol. The molecule has 5 nitrogen and oxygen atoms in total. The van der Waals surface area contributed by atoms with Crippen molar-refractivity contribution in [1.29, 1.82) is 0 Å². The van der Waals surface area contributed by atoms with Gasteiger partial charge in [0, 0.05) is 9.86 Å². The molecule has 4 aromatic rings. The summed E-state index contributed by atoms with van der Waals surface area (Å²) in [5.41, 5.74) is 1.32. The summed E-state index contributed by atoms with van der Waals surface area (Å²) in [6, 6.07) is 12.2. The Bertz CT molecular complexity index is 1080. The van der Waals surface area contributed by atoms with Gasteiger partial charge in [-0.25, -0.2) is 4.98 Å². The van der Waals surface area contributed by atoms with Crippen LogP contribution in [0.5, 0.6) is 5.75 Å². The Kier molecular flexibility index (Phi) is 2.80. The van der Waals surface area contributed by atoms with Crippen molar-refractivity contribution in [3.8, 4) is 17.1 Å². The van der Waals surface area contributed by atoms with Crippen LogP contribution in [-0.4, -0.2) is 15.1 Å². The van der Waals surface area contributed by atoms with E-state index in [1.165, 1.54) is 0 Å². The second kappa shape index (κ2) is 4.71. The van der Waals surface area contributed by atoms with Crippen LogP contribution in [0.1, 0.15) is 0 Å². The zero-order chi connectivity index (χ0) is 15.3. The smallest absolute Gasteiger partial charge is 0.294 e. The van der Waals surface area contributed by atoms with Gasteiger partial charge in [0.2, 0.25) is 5.58 Å². The number of nitrogens with zero attached hydrogens (tertiary/aromatic N) is 1. The number of fused-ring (bicyclic) bond motifs is 3. The molecule has 4 rings (SSSR count). The second-order valence-corrected chi connectivity index (χ2v) is 5.77. The molecule has 0 atom stereocenters. The lowest BCUT2D eigenvalue weighted by molar-refractivity contribution is 0.477. The molecule has 22 heavy (non-hydrogen) atoms. The average Bonchev–Trinajstić information content (AvgIpc) is 2.86. The zero-order valence-electron chi connectivity index (χ0n) is 11.1. The molecule has 2 aromatic heterocycles. The van der Waals surface area contributed by atoms with Crippen molar-refractivity contribution in [3.63, 3.8) is 0 Å². The van der Waals surface area contributed by atoms with E-state index in [0.29, 0.717) is 22.5 Å². The number of phenolic OH excluding ortho intramolecular Hbond substituents is 1. The SMILES string of the molecule is O=c1[nH]c(-c2ccccc2O)nc2c1oc1ccc(Br)cc12. The van der Waals surface area contributed by atoms with Crippen LogP contribution in [0.2, 0.25) is 0 Å². The first kappa shape index (κ1) is 13.1. The van der Waals surface area contributed by atoms with E-state index >= 15 is 0 Å². The quantitative estimate of drug-likeness (QED) is 0.543. The van der Waals surface area contributed by atoms with Crippen molar-refractivity contribution in [3.05, 3.63) is 57.3 Å². The summed E-state index contributed by atoms with van der Waals surface area (Å²) in [6.07, 6.45) is 0. The average molecular weight is 357 g/mol. The van der Waals surface area contributed by atoms with Crippen molar-refractivity contribution >= 4 is 38.0 Å². The van der Waals surface area contributed by atoms with Crippen LogP contribution in [0.25, 0.3) is 33.5 Å². The normalized spacial score (nSPS) is 11.3. The molecule has 0 aliphatic carbocycles. The number of phenols is 1. The fraction of sp³-hybridized carbons (Fsp3) is 0. The third-order valence-electron chi connectivity index (χ3n) is 3.44. The predicted octanol–water partition coefficient (Wildman–Crippen LogP) is 3.80. The maximum absolute atomic E-state index is 12.3. The number of para-hydroxylation sites is 1.